The predicted octanol–water partition coefficient (Wildman–Crippen LogP) is 5.01. The second-order valence-corrected chi connectivity index (χ2v) is 8.20. The Labute approximate surface area is 193 Å². The van der Waals surface area contributed by atoms with E-state index >= 15 is 0 Å². The van der Waals surface area contributed by atoms with Crippen molar-refractivity contribution in [2.45, 2.75) is 39.9 Å². The van der Waals surface area contributed by atoms with Gasteiger partial charge in [-0.2, -0.15) is 10.5 Å². The van der Waals surface area contributed by atoms with Gasteiger partial charge in [-0.3, -0.25) is 5.41 Å². The smallest absolute Gasteiger partial charge is 0.121 e. The van der Waals surface area contributed by atoms with Crippen LogP contribution in [0.15, 0.2) is 36.4 Å². The third kappa shape index (κ3) is 9.08. The molecule has 0 fully saturated rings. The molecule has 0 amide bonds. The number of hydrogen-bond acceptors (Lipinski definition) is 7. The molecule has 0 unspecified atom stereocenters. The summed E-state index contributed by atoms with van der Waals surface area (Å²) < 4.78 is 11.0. The zero-order chi connectivity index (χ0) is 23.6. The Hall–Kier alpha value is -3.07. The van der Waals surface area contributed by atoms with Crippen molar-refractivity contribution < 1.29 is 9.47 Å². The number of rotatable bonds is 6. The van der Waals surface area contributed by atoms with Gasteiger partial charge in [0.1, 0.15) is 16.5 Å². The molecular formula is C23H26N4O2S2. The first-order chi connectivity index (χ1) is 14.6. The summed E-state index contributed by atoms with van der Waals surface area (Å²) in [5, 5.41) is 25.9. The van der Waals surface area contributed by atoms with Crippen LogP contribution in [0.5, 0.6) is 11.5 Å². The van der Waals surface area contributed by atoms with Gasteiger partial charge in [-0.25, -0.2) is 0 Å². The van der Waals surface area contributed by atoms with Gasteiger partial charge < -0.3 is 15.2 Å². The highest BCUT2D eigenvalue weighted by molar-refractivity contribution is 8.13. The molecule has 31 heavy (non-hydrogen) atoms. The Kier molecular flexibility index (Phi) is 10.5. The third-order valence-electron chi connectivity index (χ3n) is 3.57. The van der Waals surface area contributed by atoms with E-state index in [-0.39, 0.29) is 17.2 Å². The van der Waals surface area contributed by atoms with E-state index in [0.29, 0.717) is 33.2 Å². The fourth-order valence-corrected chi connectivity index (χ4v) is 2.87. The summed E-state index contributed by atoms with van der Waals surface area (Å²) >= 11 is 6.20. The monoisotopic (exact) mass is 454 g/mol. The van der Waals surface area contributed by atoms with E-state index in [9.17, 15) is 0 Å². The Morgan fingerprint density at radius 3 is 1.68 bits per heavy atom. The number of nitrogens with one attached hydrogen (secondary N) is 1. The van der Waals surface area contributed by atoms with Gasteiger partial charge in [0.2, 0.25) is 0 Å². The van der Waals surface area contributed by atoms with E-state index in [4.69, 9.17) is 43.4 Å². The van der Waals surface area contributed by atoms with Crippen molar-refractivity contribution in [2.24, 2.45) is 5.73 Å². The van der Waals surface area contributed by atoms with Crippen LogP contribution in [0.25, 0.3) is 0 Å². The molecule has 8 heteroatoms. The van der Waals surface area contributed by atoms with Crippen LogP contribution < -0.4 is 15.2 Å². The van der Waals surface area contributed by atoms with Crippen molar-refractivity contribution in [3.8, 4) is 23.6 Å². The molecule has 0 spiro atoms. The second-order valence-electron chi connectivity index (χ2n) is 6.95. The first kappa shape index (κ1) is 26.0. The lowest BCUT2D eigenvalue weighted by molar-refractivity contribution is 0.242. The predicted molar refractivity (Wildman–Crippen MR) is 130 cm³/mol. The van der Waals surface area contributed by atoms with Gasteiger partial charge in [0, 0.05) is 11.1 Å². The third-order valence-corrected chi connectivity index (χ3v) is 4.45. The molecule has 0 radical (unpaired) electrons. The molecule has 0 aliphatic rings. The van der Waals surface area contributed by atoms with Crippen LogP contribution in [-0.4, -0.2) is 28.5 Å². The van der Waals surface area contributed by atoms with Crippen LogP contribution in [0.2, 0.25) is 0 Å². The van der Waals surface area contributed by atoms with E-state index in [0.717, 1.165) is 5.56 Å². The summed E-state index contributed by atoms with van der Waals surface area (Å²) in [6, 6.07) is 14.4. The first-order valence-electron chi connectivity index (χ1n) is 9.46. The maximum Gasteiger partial charge on any atom is 0.121 e. The highest BCUT2D eigenvalue weighted by atomic mass is 32.2. The lowest BCUT2D eigenvalue weighted by Crippen LogP contribution is -2.11. The van der Waals surface area contributed by atoms with Gasteiger partial charge >= 0.3 is 0 Å². The summed E-state index contributed by atoms with van der Waals surface area (Å²) in [5.41, 5.74) is 7.90. The van der Waals surface area contributed by atoms with Crippen LogP contribution in [0.3, 0.4) is 0 Å². The topological polar surface area (TPSA) is 116 Å². The van der Waals surface area contributed by atoms with Crippen molar-refractivity contribution in [3.63, 3.8) is 0 Å². The molecule has 0 saturated heterocycles. The minimum absolute atomic E-state index is 0.0538. The SMILES string of the molecule is CC(C)Oc1cc(C#N)cc(C(N)=S)c1.CSC(=N)c1cc(C#N)cc(OC(C)C)c1. The molecule has 162 valence electrons. The number of nitriles is 2. The first-order valence-corrected chi connectivity index (χ1v) is 11.1. The van der Waals surface area contributed by atoms with E-state index in [2.05, 4.69) is 6.07 Å². The zero-order valence-electron chi connectivity index (χ0n) is 18.2. The van der Waals surface area contributed by atoms with Gasteiger partial charge in [-0.15, -0.1) is 11.8 Å². The average Bonchev–Trinajstić information content (AvgIpc) is 2.71. The van der Waals surface area contributed by atoms with Crippen LogP contribution in [0.4, 0.5) is 0 Å². The fraction of sp³-hybridized carbons (Fsp3) is 0.304. The Bertz CT molecular complexity index is 1020. The molecule has 0 atom stereocenters. The molecule has 0 aromatic heterocycles. The summed E-state index contributed by atoms with van der Waals surface area (Å²) in [4.78, 5) is 0.265. The highest BCUT2D eigenvalue weighted by Crippen LogP contribution is 2.21. The van der Waals surface area contributed by atoms with Crippen LogP contribution >= 0.6 is 24.0 Å². The van der Waals surface area contributed by atoms with Gasteiger partial charge in [0.15, 0.2) is 0 Å². The minimum Gasteiger partial charge on any atom is -0.491 e. The van der Waals surface area contributed by atoms with Crippen molar-refractivity contribution in [1.82, 2.24) is 0 Å². The second kappa shape index (κ2) is 12.6. The molecule has 2 aromatic rings. The quantitative estimate of drug-likeness (QED) is 0.358. The van der Waals surface area contributed by atoms with Crippen LogP contribution in [0, 0.1) is 28.1 Å². The normalized spacial score (nSPS) is 9.84. The Morgan fingerprint density at radius 2 is 1.32 bits per heavy atom. The van der Waals surface area contributed by atoms with Gasteiger partial charge in [-0.05, 0) is 70.3 Å². The molecule has 0 aliphatic heterocycles. The number of thioether (sulfide) groups is 1. The maximum absolute atomic E-state index is 8.89. The van der Waals surface area contributed by atoms with E-state index in [1.54, 1.807) is 36.4 Å². The fourth-order valence-electron chi connectivity index (χ4n) is 2.40. The van der Waals surface area contributed by atoms with Crippen LogP contribution in [0.1, 0.15) is 49.9 Å². The summed E-state index contributed by atoms with van der Waals surface area (Å²) in [5.74, 6) is 1.26. The standard InChI is InChI=1S/C12H14N2OS.C11H12N2OS/c1-8(2)15-11-5-9(7-13)4-10(6-11)12(14)16-3;1-7(2)14-10-4-8(6-12)3-9(5-10)11(13)15/h4-6,8,14H,1-3H3;3-5,7H,1-2H3,(H2,13,15). The van der Waals surface area contributed by atoms with Gasteiger partial charge in [0.05, 0.1) is 40.5 Å². The molecular weight excluding hydrogens is 428 g/mol. The largest absolute Gasteiger partial charge is 0.491 e. The molecule has 0 aliphatic carbocycles. The number of nitrogens with zero attached hydrogens (tertiary/aromatic N) is 2. The number of nitrogens with two attached hydrogens (primary N) is 1. The molecule has 2 rings (SSSR count). The lowest BCUT2D eigenvalue weighted by Gasteiger charge is -2.11. The maximum atomic E-state index is 8.89. The zero-order valence-corrected chi connectivity index (χ0v) is 19.9. The van der Waals surface area contributed by atoms with Gasteiger partial charge in [-0.1, -0.05) is 12.2 Å². The minimum atomic E-state index is 0.0538. The van der Waals surface area contributed by atoms with E-state index in [1.165, 1.54) is 11.8 Å². The van der Waals surface area contributed by atoms with Crippen molar-refractivity contribution >= 4 is 34.0 Å². The molecule has 0 heterocycles. The van der Waals surface area contributed by atoms with E-state index in [1.807, 2.05) is 40.0 Å². The molecule has 3 N–H and O–H groups in total. The number of ether oxygens (including phenoxy) is 2. The summed E-state index contributed by atoms with van der Waals surface area (Å²) in [6.07, 6.45) is 1.95. The lowest BCUT2D eigenvalue weighted by atomic mass is 10.1. The van der Waals surface area contributed by atoms with E-state index < -0.39 is 0 Å². The van der Waals surface area contributed by atoms with Crippen molar-refractivity contribution in [3.05, 3.63) is 58.7 Å². The molecule has 2 aromatic carbocycles. The molecule has 0 bridgehead atoms. The number of thiocarbonyl (C=S) groups is 1. The Balaban J connectivity index is 0.000000311. The van der Waals surface area contributed by atoms with Gasteiger partial charge in [0.25, 0.3) is 0 Å². The highest BCUT2D eigenvalue weighted by Gasteiger charge is 2.07. The number of benzene rings is 2. The van der Waals surface area contributed by atoms with Crippen molar-refractivity contribution in [1.29, 1.82) is 15.9 Å². The summed E-state index contributed by atoms with van der Waals surface area (Å²) in [7, 11) is 0. The number of hydrogen-bond donors (Lipinski definition) is 2. The molecule has 6 nitrogen and oxygen atoms in total. The molecule has 0 saturated carbocycles. The summed E-state index contributed by atoms with van der Waals surface area (Å²) in [6.45, 7) is 7.69. The van der Waals surface area contributed by atoms with Crippen LogP contribution in [-0.2, 0) is 0 Å². The van der Waals surface area contributed by atoms with Crippen molar-refractivity contribution in [2.75, 3.05) is 6.26 Å². The average molecular weight is 455 g/mol. The Morgan fingerprint density at radius 1 is 0.903 bits per heavy atom.